The van der Waals surface area contributed by atoms with Crippen LogP contribution in [-0.4, -0.2) is 25.7 Å². The van der Waals surface area contributed by atoms with E-state index in [0.29, 0.717) is 30.2 Å². The molecule has 0 bridgehead atoms. The van der Waals surface area contributed by atoms with Gasteiger partial charge in [-0.05, 0) is 25.5 Å². The Hall–Kier alpha value is -1.75. The Balaban J connectivity index is 2.72. The molecular weight excluding hydrogens is 256 g/mol. The molecule has 0 heterocycles. The fraction of sp³-hybridized carbons (Fsp3) is 0.533. The highest BCUT2D eigenvalue weighted by Gasteiger charge is 2.14. The summed E-state index contributed by atoms with van der Waals surface area (Å²) in [6, 6.07) is 4.80. The van der Waals surface area contributed by atoms with Crippen molar-refractivity contribution in [3.05, 3.63) is 18.2 Å². The molecular formula is C15H24N2O3. The molecule has 0 aliphatic rings. The minimum Gasteiger partial charge on any atom is -0.493 e. The Kier molecular flexibility index (Phi) is 6.87. The number of nitrogens with two attached hydrogens (primary N) is 1. The van der Waals surface area contributed by atoms with Crippen LogP contribution in [0.1, 0.15) is 33.1 Å². The number of unbranched alkanes of at least 4 members (excludes halogenated alkanes) is 1. The molecule has 0 saturated heterocycles. The molecule has 5 nitrogen and oxygen atoms in total. The van der Waals surface area contributed by atoms with Crippen LogP contribution in [0.15, 0.2) is 18.2 Å². The maximum Gasteiger partial charge on any atom is 0.241 e. The molecule has 1 atom stereocenters. The summed E-state index contributed by atoms with van der Waals surface area (Å²) in [5, 5.41) is 2.80. The number of hydrogen-bond acceptors (Lipinski definition) is 4. The zero-order chi connectivity index (χ0) is 15.0. The summed E-state index contributed by atoms with van der Waals surface area (Å²) in [6.45, 7) is 4.50. The zero-order valence-electron chi connectivity index (χ0n) is 12.4. The van der Waals surface area contributed by atoms with Crippen molar-refractivity contribution in [1.82, 2.24) is 0 Å². The van der Waals surface area contributed by atoms with E-state index in [9.17, 15) is 4.79 Å². The number of carbonyl (C=O) groups is 1. The van der Waals surface area contributed by atoms with Gasteiger partial charge in [-0.2, -0.15) is 0 Å². The van der Waals surface area contributed by atoms with Crippen LogP contribution >= 0.6 is 0 Å². The monoisotopic (exact) mass is 280 g/mol. The highest BCUT2D eigenvalue weighted by molar-refractivity contribution is 5.94. The number of nitrogens with one attached hydrogen (secondary N) is 1. The van der Waals surface area contributed by atoms with Gasteiger partial charge in [0.15, 0.2) is 11.5 Å². The molecule has 5 heteroatoms. The molecule has 0 aliphatic heterocycles. The summed E-state index contributed by atoms with van der Waals surface area (Å²) in [6.07, 6.45) is 2.66. The van der Waals surface area contributed by atoms with E-state index in [-0.39, 0.29) is 5.91 Å². The van der Waals surface area contributed by atoms with Crippen molar-refractivity contribution in [1.29, 1.82) is 0 Å². The number of hydrogen-bond donors (Lipinski definition) is 2. The molecule has 1 aromatic carbocycles. The van der Waals surface area contributed by atoms with Gasteiger partial charge in [0.25, 0.3) is 0 Å². The number of carbonyl (C=O) groups excluding carboxylic acids is 1. The molecule has 0 spiro atoms. The van der Waals surface area contributed by atoms with E-state index in [1.165, 1.54) is 0 Å². The van der Waals surface area contributed by atoms with E-state index in [4.69, 9.17) is 15.2 Å². The summed E-state index contributed by atoms with van der Waals surface area (Å²) in [7, 11) is 1.58. The van der Waals surface area contributed by atoms with Gasteiger partial charge in [-0.15, -0.1) is 0 Å². The molecule has 0 aliphatic carbocycles. The fourth-order valence-electron chi connectivity index (χ4n) is 1.81. The third-order valence-corrected chi connectivity index (χ3v) is 2.94. The summed E-state index contributed by atoms with van der Waals surface area (Å²) >= 11 is 0. The van der Waals surface area contributed by atoms with E-state index in [1.807, 2.05) is 6.92 Å². The highest BCUT2D eigenvalue weighted by Crippen LogP contribution is 2.30. The molecule has 0 radical (unpaired) electrons. The molecule has 0 unspecified atom stereocenters. The van der Waals surface area contributed by atoms with E-state index in [1.54, 1.807) is 25.3 Å². The Bertz CT molecular complexity index is 435. The van der Waals surface area contributed by atoms with E-state index in [0.717, 1.165) is 12.8 Å². The van der Waals surface area contributed by atoms with Crippen LogP contribution in [0.25, 0.3) is 0 Å². The molecule has 112 valence electrons. The lowest BCUT2D eigenvalue weighted by Crippen LogP contribution is -2.35. The third kappa shape index (κ3) is 4.74. The molecule has 0 fully saturated rings. The topological polar surface area (TPSA) is 73.6 Å². The lowest BCUT2D eigenvalue weighted by atomic mass is 10.1. The van der Waals surface area contributed by atoms with E-state index >= 15 is 0 Å². The number of methoxy groups -OCH3 is 1. The van der Waals surface area contributed by atoms with Crippen molar-refractivity contribution in [3.8, 4) is 11.5 Å². The fourth-order valence-corrected chi connectivity index (χ4v) is 1.81. The van der Waals surface area contributed by atoms with Crippen LogP contribution in [0.5, 0.6) is 11.5 Å². The summed E-state index contributed by atoms with van der Waals surface area (Å²) < 4.78 is 10.7. The summed E-state index contributed by atoms with van der Waals surface area (Å²) in [4.78, 5) is 11.9. The first-order valence-corrected chi connectivity index (χ1v) is 6.99. The van der Waals surface area contributed by atoms with Gasteiger partial charge in [-0.1, -0.05) is 19.8 Å². The van der Waals surface area contributed by atoms with Crippen LogP contribution in [0.4, 0.5) is 5.69 Å². The smallest absolute Gasteiger partial charge is 0.241 e. The van der Waals surface area contributed by atoms with Gasteiger partial charge in [-0.3, -0.25) is 4.79 Å². The lowest BCUT2D eigenvalue weighted by Gasteiger charge is -2.14. The second-order valence-corrected chi connectivity index (χ2v) is 4.54. The Labute approximate surface area is 120 Å². The van der Waals surface area contributed by atoms with Gasteiger partial charge in [-0.25, -0.2) is 0 Å². The first-order chi connectivity index (χ1) is 9.62. The number of benzene rings is 1. The van der Waals surface area contributed by atoms with Crippen molar-refractivity contribution < 1.29 is 14.3 Å². The van der Waals surface area contributed by atoms with Gasteiger partial charge >= 0.3 is 0 Å². The standard InChI is InChI=1S/C15H24N2O3/c1-4-6-7-12(16)15(18)17-11-8-9-13(19-3)14(10-11)20-5-2/h8-10,12H,4-7,16H2,1-3H3,(H,17,18)/t12-/m0/s1. The van der Waals surface area contributed by atoms with E-state index < -0.39 is 6.04 Å². The summed E-state index contributed by atoms with van der Waals surface area (Å²) in [5.74, 6) is 1.07. The Morgan fingerprint density at radius 1 is 1.35 bits per heavy atom. The molecule has 0 saturated carbocycles. The predicted molar refractivity (Wildman–Crippen MR) is 80.3 cm³/mol. The van der Waals surface area contributed by atoms with Crippen LogP contribution < -0.4 is 20.5 Å². The van der Waals surface area contributed by atoms with Crippen molar-refractivity contribution >= 4 is 11.6 Å². The quantitative estimate of drug-likeness (QED) is 0.767. The Morgan fingerprint density at radius 2 is 2.10 bits per heavy atom. The predicted octanol–water partition coefficient (Wildman–Crippen LogP) is 2.55. The second-order valence-electron chi connectivity index (χ2n) is 4.54. The zero-order valence-corrected chi connectivity index (χ0v) is 12.4. The third-order valence-electron chi connectivity index (χ3n) is 2.94. The largest absolute Gasteiger partial charge is 0.493 e. The number of anilines is 1. The first kappa shape index (κ1) is 16.3. The van der Waals surface area contributed by atoms with Crippen LogP contribution in [-0.2, 0) is 4.79 Å². The molecule has 0 aromatic heterocycles. The van der Waals surface area contributed by atoms with Crippen molar-refractivity contribution in [2.75, 3.05) is 19.0 Å². The van der Waals surface area contributed by atoms with Crippen molar-refractivity contribution in [2.45, 2.75) is 39.2 Å². The highest BCUT2D eigenvalue weighted by atomic mass is 16.5. The van der Waals surface area contributed by atoms with Gasteiger partial charge < -0.3 is 20.5 Å². The van der Waals surface area contributed by atoms with Crippen LogP contribution in [0.3, 0.4) is 0 Å². The Morgan fingerprint density at radius 3 is 2.70 bits per heavy atom. The minimum atomic E-state index is -0.479. The van der Waals surface area contributed by atoms with Crippen molar-refractivity contribution in [2.24, 2.45) is 5.73 Å². The molecule has 1 amide bonds. The number of rotatable bonds is 8. The maximum absolute atomic E-state index is 11.9. The van der Waals surface area contributed by atoms with Gasteiger partial charge in [0.1, 0.15) is 0 Å². The lowest BCUT2D eigenvalue weighted by molar-refractivity contribution is -0.117. The number of amides is 1. The summed E-state index contributed by atoms with van der Waals surface area (Å²) in [5.41, 5.74) is 6.49. The minimum absolute atomic E-state index is 0.175. The average Bonchev–Trinajstić information content (AvgIpc) is 2.45. The maximum atomic E-state index is 11.9. The molecule has 1 aromatic rings. The van der Waals surface area contributed by atoms with Crippen LogP contribution in [0.2, 0.25) is 0 Å². The molecule has 20 heavy (non-hydrogen) atoms. The first-order valence-electron chi connectivity index (χ1n) is 6.99. The normalized spacial score (nSPS) is 11.8. The molecule has 1 rings (SSSR count). The van der Waals surface area contributed by atoms with Gasteiger partial charge in [0.05, 0.1) is 19.8 Å². The van der Waals surface area contributed by atoms with Crippen molar-refractivity contribution in [3.63, 3.8) is 0 Å². The second kappa shape index (κ2) is 8.43. The van der Waals surface area contributed by atoms with Crippen LogP contribution in [0, 0.1) is 0 Å². The molecule has 3 N–H and O–H groups in total. The van der Waals surface area contributed by atoms with E-state index in [2.05, 4.69) is 12.2 Å². The average molecular weight is 280 g/mol. The van der Waals surface area contributed by atoms with Gasteiger partial charge in [0.2, 0.25) is 5.91 Å². The number of ether oxygens (including phenoxy) is 2. The van der Waals surface area contributed by atoms with Gasteiger partial charge in [0, 0.05) is 11.8 Å². The SMILES string of the molecule is CCCC[C@H](N)C(=O)Nc1ccc(OC)c(OCC)c1.